The van der Waals surface area contributed by atoms with E-state index >= 15 is 0 Å². The van der Waals surface area contributed by atoms with E-state index in [-0.39, 0.29) is 9.92 Å². The lowest BCUT2D eigenvalue weighted by Crippen LogP contribution is -1.99. The first-order valence-electron chi connectivity index (χ1n) is 3.68. The Kier molecular flexibility index (Phi) is 3.02. The number of nitrogens with zero attached hydrogens (tertiary/aromatic N) is 2. The van der Waals surface area contributed by atoms with Gasteiger partial charge in [-0.25, -0.2) is 0 Å². The van der Waals surface area contributed by atoms with Crippen molar-refractivity contribution in [2.24, 2.45) is 0 Å². The molecule has 0 fully saturated rings. The largest absolute Gasteiger partial charge is 0.383 e. The maximum absolute atomic E-state index is 10.3. The number of nitro groups is 1. The van der Waals surface area contributed by atoms with E-state index in [9.17, 15) is 10.1 Å². The molecule has 4 nitrogen and oxygen atoms in total. The number of hydrogen-bond donors (Lipinski definition) is 0. The highest BCUT2D eigenvalue weighted by atomic mass is 32.1. The Balaban J connectivity index is 2.75. The van der Waals surface area contributed by atoms with Crippen molar-refractivity contribution in [3.63, 3.8) is 0 Å². The van der Waals surface area contributed by atoms with Gasteiger partial charge in [-0.05, 0) is 18.3 Å². The van der Waals surface area contributed by atoms with E-state index in [1.54, 1.807) is 6.07 Å². The highest BCUT2D eigenvalue weighted by Crippen LogP contribution is 2.24. The van der Waals surface area contributed by atoms with Crippen molar-refractivity contribution in [3.8, 4) is 0 Å². The molecule has 0 aliphatic heterocycles. The predicted octanol–water partition coefficient (Wildman–Crippen LogP) is 2.19. The molecule has 0 N–H and O–H groups in total. The third-order valence-corrected chi connectivity index (χ3v) is 2.33. The molecular formula is C8H10N2O2S. The van der Waals surface area contributed by atoms with E-state index < -0.39 is 0 Å². The molecule has 1 aromatic heterocycles. The molecule has 0 saturated carbocycles. The van der Waals surface area contributed by atoms with Gasteiger partial charge < -0.3 is 4.90 Å². The molecule has 0 radical (unpaired) electrons. The molecule has 0 aliphatic rings. The predicted molar refractivity (Wildman–Crippen MR) is 53.7 cm³/mol. The number of hydrogen-bond acceptors (Lipinski definition) is 4. The van der Waals surface area contributed by atoms with E-state index in [1.165, 1.54) is 17.4 Å². The van der Waals surface area contributed by atoms with Crippen LogP contribution in [0.4, 0.5) is 5.00 Å². The van der Waals surface area contributed by atoms with E-state index in [0.717, 1.165) is 4.88 Å². The molecule has 0 atom stereocenters. The molecule has 13 heavy (non-hydrogen) atoms. The summed E-state index contributed by atoms with van der Waals surface area (Å²) in [6, 6.07) is 3.25. The van der Waals surface area contributed by atoms with E-state index in [4.69, 9.17) is 0 Å². The van der Waals surface area contributed by atoms with E-state index in [0.29, 0.717) is 0 Å². The highest BCUT2D eigenvalue weighted by molar-refractivity contribution is 7.16. The van der Waals surface area contributed by atoms with Crippen molar-refractivity contribution >= 4 is 22.4 Å². The van der Waals surface area contributed by atoms with Crippen LogP contribution in [0.5, 0.6) is 0 Å². The zero-order chi connectivity index (χ0) is 9.84. The summed E-state index contributed by atoms with van der Waals surface area (Å²) in [6.45, 7) is 0. The van der Waals surface area contributed by atoms with Crippen LogP contribution in [0.3, 0.4) is 0 Å². The Bertz CT molecular complexity index is 331. The second-order valence-electron chi connectivity index (χ2n) is 2.71. The molecule has 5 heteroatoms. The van der Waals surface area contributed by atoms with Crippen LogP contribution >= 0.6 is 11.3 Å². The number of rotatable bonds is 3. The second kappa shape index (κ2) is 4.04. The lowest BCUT2D eigenvalue weighted by atomic mass is 10.4. The first-order chi connectivity index (χ1) is 6.09. The summed E-state index contributed by atoms with van der Waals surface area (Å²) in [5.74, 6) is 0. The topological polar surface area (TPSA) is 46.4 Å². The lowest BCUT2D eigenvalue weighted by molar-refractivity contribution is -0.380. The van der Waals surface area contributed by atoms with Crippen LogP contribution in [-0.2, 0) is 0 Å². The van der Waals surface area contributed by atoms with Gasteiger partial charge in [-0.2, -0.15) is 0 Å². The molecule has 0 bridgehead atoms. The van der Waals surface area contributed by atoms with Gasteiger partial charge in [0.15, 0.2) is 0 Å². The van der Waals surface area contributed by atoms with Crippen molar-refractivity contribution < 1.29 is 4.92 Å². The zero-order valence-corrected chi connectivity index (χ0v) is 8.25. The fraction of sp³-hybridized carbons (Fsp3) is 0.250. The van der Waals surface area contributed by atoms with Gasteiger partial charge >= 0.3 is 5.00 Å². The van der Waals surface area contributed by atoms with Crippen molar-refractivity contribution in [2.45, 2.75) is 0 Å². The van der Waals surface area contributed by atoms with Crippen LogP contribution in [0.25, 0.3) is 6.08 Å². The SMILES string of the molecule is CN(C)C=Cc1ccc([N+](=O)[O-])s1. The molecule has 0 unspecified atom stereocenters. The molecule has 0 spiro atoms. The van der Waals surface area contributed by atoms with Gasteiger partial charge in [-0.3, -0.25) is 10.1 Å². The molecule has 1 heterocycles. The average molecular weight is 198 g/mol. The second-order valence-corrected chi connectivity index (χ2v) is 3.81. The Morgan fingerprint density at radius 3 is 2.69 bits per heavy atom. The molecule has 1 rings (SSSR count). The summed E-state index contributed by atoms with van der Waals surface area (Å²) in [5.41, 5.74) is 0. The van der Waals surface area contributed by atoms with Crippen LogP contribution in [0.2, 0.25) is 0 Å². The molecule has 1 aromatic rings. The van der Waals surface area contributed by atoms with Gasteiger partial charge in [-0.1, -0.05) is 11.3 Å². The Morgan fingerprint density at radius 1 is 1.54 bits per heavy atom. The monoisotopic (exact) mass is 198 g/mol. The fourth-order valence-corrected chi connectivity index (χ4v) is 1.47. The van der Waals surface area contributed by atoms with Crippen molar-refractivity contribution in [3.05, 3.63) is 33.3 Å². The van der Waals surface area contributed by atoms with E-state index in [1.807, 2.05) is 31.3 Å². The van der Waals surface area contributed by atoms with Crippen LogP contribution in [0, 0.1) is 10.1 Å². The van der Waals surface area contributed by atoms with Gasteiger partial charge in [0.1, 0.15) is 0 Å². The number of thiophene rings is 1. The summed E-state index contributed by atoms with van der Waals surface area (Å²) in [6.07, 6.45) is 3.70. The first kappa shape index (κ1) is 9.73. The third kappa shape index (κ3) is 2.87. The minimum atomic E-state index is -0.377. The summed E-state index contributed by atoms with van der Waals surface area (Å²) in [7, 11) is 3.80. The van der Waals surface area contributed by atoms with Crippen molar-refractivity contribution in [1.82, 2.24) is 4.90 Å². The molecule has 70 valence electrons. The lowest BCUT2D eigenvalue weighted by Gasteiger charge is -2.01. The summed E-state index contributed by atoms with van der Waals surface area (Å²) in [5, 5.41) is 10.5. The Hall–Kier alpha value is -1.36. The maximum atomic E-state index is 10.3. The highest BCUT2D eigenvalue weighted by Gasteiger charge is 2.07. The van der Waals surface area contributed by atoms with Crippen molar-refractivity contribution in [2.75, 3.05) is 14.1 Å². The molecule has 0 saturated heterocycles. The molecule has 0 aliphatic carbocycles. The van der Waals surface area contributed by atoms with Crippen LogP contribution in [-0.4, -0.2) is 23.9 Å². The first-order valence-corrected chi connectivity index (χ1v) is 4.50. The standard InChI is InChI=1S/C8H10N2O2S/c1-9(2)6-5-7-3-4-8(13-7)10(11)12/h3-6H,1-2H3. The molecule has 0 aromatic carbocycles. The van der Waals surface area contributed by atoms with Crippen LogP contribution < -0.4 is 0 Å². The van der Waals surface area contributed by atoms with Gasteiger partial charge in [0.25, 0.3) is 0 Å². The minimum Gasteiger partial charge on any atom is -0.383 e. The maximum Gasteiger partial charge on any atom is 0.324 e. The van der Waals surface area contributed by atoms with Gasteiger partial charge in [-0.15, -0.1) is 0 Å². The van der Waals surface area contributed by atoms with Gasteiger partial charge in [0.2, 0.25) is 0 Å². The summed E-state index contributed by atoms with van der Waals surface area (Å²) in [4.78, 5) is 12.7. The quantitative estimate of drug-likeness (QED) is 0.552. The third-order valence-electron chi connectivity index (χ3n) is 1.33. The van der Waals surface area contributed by atoms with Gasteiger partial charge in [0.05, 0.1) is 4.92 Å². The smallest absolute Gasteiger partial charge is 0.324 e. The molecular weight excluding hydrogens is 188 g/mol. The van der Waals surface area contributed by atoms with Crippen molar-refractivity contribution in [1.29, 1.82) is 0 Å². The zero-order valence-electron chi connectivity index (χ0n) is 7.43. The Labute approximate surface area is 80.3 Å². The van der Waals surface area contributed by atoms with Crippen LogP contribution in [0.1, 0.15) is 4.88 Å². The molecule has 0 amide bonds. The van der Waals surface area contributed by atoms with Crippen LogP contribution in [0.15, 0.2) is 18.3 Å². The Morgan fingerprint density at radius 2 is 2.23 bits per heavy atom. The summed E-state index contributed by atoms with van der Waals surface area (Å²) >= 11 is 1.17. The fourth-order valence-electron chi connectivity index (χ4n) is 0.752. The van der Waals surface area contributed by atoms with Gasteiger partial charge in [0, 0.05) is 25.0 Å². The normalized spacial score (nSPS) is 10.6. The van der Waals surface area contributed by atoms with E-state index in [2.05, 4.69) is 0 Å². The minimum absolute atomic E-state index is 0.179. The average Bonchev–Trinajstić information content (AvgIpc) is 2.48. The summed E-state index contributed by atoms with van der Waals surface area (Å²) < 4.78 is 0.